The van der Waals surface area contributed by atoms with Gasteiger partial charge in [-0.2, -0.15) is 0 Å². The number of benzene rings is 2. The number of carbonyl (C=O) groups excluding carboxylic acids is 1. The van der Waals surface area contributed by atoms with Crippen LogP contribution in [0.1, 0.15) is 62.0 Å². The van der Waals surface area contributed by atoms with Gasteiger partial charge in [0, 0.05) is 53.5 Å². The van der Waals surface area contributed by atoms with Crippen molar-refractivity contribution >= 4 is 40.8 Å². The lowest BCUT2D eigenvalue weighted by molar-refractivity contribution is -0.108. The number of nitrogens with one attached hydrogen (secondary N) is 2. The monoisotopic (exact) mass is 611 g/mol. The number of hydrogen-bond acceptors (Lipinski definition) is 4. The first-order chi connectivity index (χ1) is 20.0. The highest BCUT2D eigenvalue weighted by molar-refractivity contribution is 6.35. The van der Waals surface area contributed by atoms with Crippen LogP contribution in [-0.4, -0.2) is 71.1 Å². The maximum atomic E-state index is 13.4. The first-order valence-electron chi connectivity index (χ1n) is 15.4. The van der Waals surface area contributed by atoms with Crippen molar-refractivity contribution in [3.63, 3.8) is 0 Å². The van der Waals surface area contributed by atoms with E-state index >= 15 is 0 Å². The Morgan fingerprint density at radius 1 is 1.19 bits per heavy atom. The summed E-state index contributed by atoms with van der Waals surface area (Å²) in [5.41, 5.74) is 3.84. The van der Waals surface area contributed by atoms with Crippen LogP contribution < -0.4 is 10.6 Å². The quantitative estimate of drug-likeness (QED) is 0.289. The molecule has 0 aromatic heterocycles. The number of fused-ring (bicyclic) bond motifs is 3. The molecule has 2 aliphatic heterocycles. The minimum Gasteiger partial charge on any atom is -0.394 e. The van der Waals surface area contributed by atoms with Crippen molar-refractivity contribution in [2.45, 2.75) is 71.6 Å². The summed E-state index contributed by atoms with van der Waals surface area (Å²) < 4.78 is 0. The summed E-state index contributed by atoms with van der Waals surface area (Å²) in [6.45, 7) is 12.5. The molecular formula is C33H43Cl2N5O2. The molecule has 4 fully saturated rings. The van der Waals surface area contributed by atoms with Gasteiger partial charge in [-0.1, -0.05) is 50.0 Å². The first kappa shape index (κ1) is 29.7. The molecule has 1 saturated heterocycles. The maximum absolute atomic E-state index is 13.4. The van der Waals surface area contributed by atoms with Crippen molar-refractivity contribution in [1.29, 1.82) is 0 Å². The maximum Gasteiger partial charge on any atom is 0.254 e. The van der Waals surface area contributed by atoms with Gasteiger partial charge in [-0.15, -0.1) is 0 Å². The molecule has 3 aliphatic carbocycles. The number of aliphatic hydroxyl groups excluding tert-OH is 1. The number of amides is 1. The number of carbonyl (C=O) groups is 1. The number of aliphatic imine (C=N–C) groups is 1. The van der Waals surface area contributed by atoms with E-state index < -0.39 is 0 Å². The van der Waals surface area contributed by atoms with Gasteiger partial charge in [-0.3, -0.25) is 4.79 Å². The fourth-order valence-corrected chi connectivity index (χ4v) is 8.31. The zero-order valence-electron chi connectivity index (χ0n) is 25.0. The molecule has 2 heterocycles. The van der Waals surface area contributed by atoms with E-state index in [1.807, 2.05) is 18.2 Å². The molecular weight excluding hydrogens is 569 g/mol. The third-order valence-electron chi connectivity index (χ3n) is 10.6. The molecule has 2 aromatic rings. The van der Waals surface area contributed by atoms with Gasteiger partial charge in [0.2, 0.25) is 0 Å². The Morgan fingerprint density at radius 2 is 2.00 bits per heavy atom. The summed E-state index contributed by atoms with van der Waals surface area (Å²) in [4.78, 5) is 23.0. The number of piperazine rings is 1. The van der Waals surface area contributed by atoms with Gasteiger partial charge in [0.1, 0.15) is 0 Å². The molecule has 9 heteroatoms. The molecule has 226 valence electrons. The number of nitrogens with zero attached hydrogens (tertiary/aromatic N) is 3. The largest absolute Gasteiger partial charge is 0.394 e. The number of anilines is 1. The molecule has 7 rings (SSSR count). The predicted octanol–water partition coefficient (Wildman–Crippen LogP) is 5.69. The van der Waals surface area contributed by atoms with E-state index in [2.05, 4.69) is 49.3 Å². The van der Waals surface area contributed by atoms with Crippen LogP contribution in [0.3, 0.4) is 0 Å². The summed E-state index contributed by atoms with van der Waals surface area (Å²) in [6.07, 6.45) is 2.93. The van der Waals surface area contributed by atoms with Gasteiger partial charge >= 0.3 is 0 Å². The summed E-state index contributed by atoms with van der Waals surface area (Å²) in [7, 11) is 0. The van der Waals surface area contributed by atoms with Crippen LogP contribution in [0.15, 0.2) is 41.4 Å². The van der Waals surface area contributed by atoms with Gasteiger partial charge in [0.05, 0.1) is 18.7 Å². The van der Waals surface area contributed by atoms with Crippen molar-refractivity contribution in [2.75, 3.05) is 31.6 Å². The Labute approximate surface area is 259 Å². The number of rotatable bonds is 6. The molecule has 5 aliphatic rings. The van der Waals surface area contributed by atoms with Crippen LogP contribution in [0.2, 0.25) is 10.0 Å². The van der Waals surface area contributed by atoms with Gasteiger partial charge in [0.15, 0.2) is 5.96 Å². The Bertz CT molecular complexity index is 1380. The van der Waals surface area contributed by atoms with E-state index in [0.717, 1.165) is 60.7 Å². The van der Waals surface area contributed by atoms with Crippen LogP contribution in [0.25, 0.3) is 0 Å². The average molecular weight is 613 g/mol. The summed E-state index contributed by atoms with van der Waals surface area (Å²) in [5.74, 6) is 2.90. The number of hydrogen-bond donors (Lipinski definition) is 3. The highest BCUT2D eigenvalue weighted by atomic mass is 35.5. The van der Waals surface area contributed by atoms with Crippen LogP contribution in [0.5, 0.6) is 0 Å². The lowest BCUT2D eigenvalue weighted by Gasteiger charge is -2.61. The van der Waals surface area contributed by atoms with E-state index in [1.54, 1.807) is 17.0 Å². The van der Waals surface area contributed by atoms with Crippen molar-refractivity contribution in [3.8, 4) is 0 Å². The Morgan fingerprint density at radius 3 is 2.69 bits per heavy atom. The molecule has 7 nitrogen and oxygen atoms in total. The highest BCUT2D eigenvalue weighted by Crippen LogP contribution is 2.61. The summed E-state index contributed by atoms with van der Waals surface area (Å²) in [5, 5.41) is 18.6. The minimum absolute atomic E-state index is 0.0663. The smallest absolute Gasteiger partial charge is 0.254 e. The van der Waals surface area contributed by atoms with Crippen molar-refractivity contribution in [3.05, 3.63) is 63.1 Å². The third kappa shape index (κ3) is 5.54. The van der Waals surface area contributed by atoms with Crippen LogP contribution in [0.4, 0.5) is 5.69 Å². The SMILES string of the molecule is C[C@@H]1[C@@H](N=C(Nc2ccc3c(c2)CN([C@H](CO)Cc2ccc(Cl)cc2Cl)C3=O)N2CCN[C@@H](C)C2)C[C@H]2C[C@@H]1C2(C)C. The van der Waals surface area contributed by atoms with E-state index in [1.165, 1.54) is 6.42 Å². The van der Waals surface area contributed by atoms with E-state index in [9.17, 15) is 9.90 Å². The van der Waals surface area contributed by atoms with Crippen LogP contribution >= 0.6 is 23.2 Å². The normalized spacial score (nSPS) is 29.3. The third-order valence-corrected chi connectivity index (χ3v) is 11.2. The number of guanidine groups is 1. The van der Waals surface area contributed by atoms with Crippen molar-refractivity contribution < 1.29 is 9.90 Å². The zero-order chi connectivity index (χ0) is 29.8. The Kier molecular flexibility index (Phi) is 8.24. The molecule has 6 atom stereocenters. The molecule has 1 amide bonds. The van der Waals surface area contributed by atoms with Crippen molar-refractivity contribution in [2.24, 2.45) is 28.2 Å². The lowest BCUT2D eigenvalue weighted by atomic mass is 9.45. The average Bonchev–Trinajstić information content (AvgIpc) is 3.28. The van der Waals surface area contributed by atoms with E-state index in [4.69, 9.17) is 28.2 Å². The van der Waals surface area contributed by atoms with Gasteiger partial charge in [-0.05, 0) is 90.8 Å². The van der Waals surface area contributed by atoms with E-state index in [-0.39, 0.29) is 18.6 Å². The fraction of sp³-hybridized carbons (Fsp3) is 0.576. The zero-order valence-corrected chi connectivity index (χ0v) is 26.5. The molecule has 3 saturated carbocycles. The second kappa shape index (κ2) is 11.6. The molecule has 0 spiro atoms. The van der Waals surface area contributed by atoms with Crippen LogP contribution in [0, 0.1) is 23.2 Å². The Balaban J connectivity index is 1.22. The number of aliphatic hydroxyl groups is 1. The topological polar surface area (TPSA) is 80.2 Å². The standard InChI is InChI=1S/C33H43Cl2N5O2/c1-19-16-39(10-9-36-19)32(38-30-14-23-13-28(20(30)2)33(23,3)4)37-25-7-8-27-22(11-25)17-40(31(27)42)26(18-41)12-21-5-6-24(34)15-29(21)35/h5-8,11,15,19-20,23,26,28,30,36,41H,9-10,12-14,16-18H2,1-4H3,(H,37,38)/t19-,20-,23+,26-,28-,30-/m0/s1. The van der Waals surface area contributed by atoms with Gasteiger partial charge in [0.25, 0.3) is 5.91 Å². The van der Waals surface area contributed by atoms with Gasteiger partial charge in [-0.25, -0.2) is 4.99 Å². The summed E-state index contributed by atoms with van der Waals surface area (Å²) in [6, 6.07) is 11.6. The highest BCUT2D eigenvalue weighted by Gasteiger charge is 2.56. The number of halogens is 2. The molecule has 2 bridgehead atoms. The molecule has 0 unspecified atom stereocenters. The summed E-state index contributed by atoms with van der Waals surface area (Å²) >= 11 is 12.5. The lowest BCUT2D eigenvalue weighted by Crippen LogP contribution is -2.57. The minimum atomic E-state index is -0.386. The second-order valence-corrected chi connectivity index (χ2v) is 14.3. The fourth-order valence-electron chi connectivity index (χ4n) is 7.83. The van der Waals surface area contributed by atoms with Crippen LogP contribution in [-0.2, 0) is 13.0 Å². The molecule has 42 heavy (non-hydrogen) atoms. The second-order valence-electron chi connectivity index (χ2n) is 13.5. The molecule has 2 aromatic carbocycles. The van der Waals surface area contributed by atoms with Gasteiger partial charge < -0.3 is 25.5 Å². The Hall–Kier alpha value is -2.32. The van der Waals surface area contributed by atoms with E-state index in [0.29, 0.717) is 52.0 Å². The molecule has 3 N–H and O–H groups in total. The predicted molar refractivity (Wildman–Crippen MR) is 170 cm³/mol. The van der Waals surface area contributed by atoms with Crippen molar-refractivity contribution in [1.82, 2.24) is 15.1 Å². The first-order valence-corrected chi connectivity index (χ1v) is 16.1. The molecule has 0 radical (unpaired) electrons.